The molecule has 2 unspecified atom stereocenters. The Morgan fingerprint density at radius 1 is 1.35 bits per heavy atom. The van der Waals surface area contributed by atoms with Crippen LogP contribution in [0.5, 0.6) is 0 Å². The van der Waals surface area contributed by atoms with Crippen LogP contribution in [0.3, 0.4) is 0 Å². The van der Waals surface area contributed by atoms with Crippen molar-refractivity contribution in [2.75, 3.05) is 11.9 Å². The van der Waals surface area contributed by atoms with E-state index >= 15 is 0 Å². The fraction of sp³-hybridized carbons (Fsp3) is 0.500. The first-order valence-electron chi connectivity index (χ1n) is 7.22. The number of carbonyl (C=O) groups is 2. The van der Waals surface area contributed by atoms with Crippen LogP contribution in [0.4, 0.5) is 23.8 Å². The minimum atomic E-state index is -4.42. The van der Waals surface area contributed by atoms with E-state index in [1.807, 2.05) is 0 Å². The van der Waals surface area contributed by atoms with Gasteiger partial charge in [0.2, 0.25) is 0 Å². The molecule has 2 aliphatic rings. The van der Waals surface area contributed by atoms with E-state index in [1.54, 1.807) is 0 Å². The number of halogens is 3. The molecule has 0 aromatic carbocycles. The Morgan fingerprint density at radius 2 is 2.13 bits per heavy atom. The van der Waals surface area contributed by atoms with Crippen LogP contribution in [-0.4, -0.2) is 29.0 Å². The maximum atomic E-state index is 12.5. The van der Waals surface area contributed by atoms with Crippen molar-refractivity contribution in [3.63, 3.8) is 0 Å². The highest BCUT2D eigenvalue weighted by Crippen LogP contribution is 2.38. The summed E-state index contributed by atoms with van der Waals surface area (Å²) in [6.45, 7) is 0.339. The quantitative estimate of drug-likeness (QED) is 0.740. The van der Waals surface area contributed by atoms with Gasteiger partial charge in [0.05, 0.1) is 5.56 Å². The van der Waals surface area contributed by atoms with E-state index in [2.05, 4.69) is 20.9 Å². The van der Waals surface area contributed by atoms with Gasteiger partial charge in [0.25, 0.3) is 5.91 Å². The molecular weight excluding hydrogens is 313 g/mol. The van der Waals surface area contributed by atoms with Crippen LogP contribution < -0.4 is 16.0 Å². The number of aromatic nitrogens is 1. The molecule has 0 bridgehead atoms. The molecule has 3 rings (SSSR count). The minimum absolute atomic E-state index is 0.141. The van der Waals surface area contributed by atoms with E-state index in [0.717, 1.165) is 25.1 Å². The number of imide groups is 1. The second-order valence-corrected chi connectivity index (χ2v) is 5.78. The van der Waals surface area contributed by atoms with Crippen LogP contribution in [0.2, 0.25) is 0 Å². The number of alkyl halides is 3. The number of nitrogens with zero attached hydrogens (tertiary/aromatic N) is 1. The maximum Gasteiger partial charge on any atom is 0.417 e. The summed E-state index contributed by atoms with van der Waals surface area (Å²) in [4.78, 5) is 27.1. The fourth-order valence-electron chi connectivity index (χ4n) is 3.22. The molecule has 6 nitrogen and oxygen atoms in total. The lowest BCUT2D eigenvalue weighted by molar-refractivity contribution is -0.137. The highest BCUT2D eigenvalue weighted by atomic mass is 19.4. The van der Waals surface area contributed by atoms with Gasteiger partial charge in [0.15, 0.2) is 0 Å². The summed E-state index contributed by atoms with van der Waals surface area (Å²) in [7, 11) is 0. The summed E-state index contributed by atoms with van der Waals surface area (Å²) in [6.07, 6.45) is -1.58. The zero-order chi connectivity index (χ0) is 16.7. The molecular formula is C14H15F3N4O2. The lowest BCUT2D eigenvalue weighted by atomic mass is 9.87. The monoisotopic (exact) mass is 328 g/mol. The Morgan fingerprint density at radius 3 is 2.70 bits per heavy atom. The first-order chi connectivity index (χ1) is 10.8. The maximum absolute atomic E-state index is 12.5. The smallest absolute Gasteiger partial charge is 0.370 e. The fourth-order valence-corrected chi connectivity index (χ4v) is 3.22. The molecule has 1 aromatic heterocycles. The number of hydrogen-bond donors (Lipinski definition) is 3. The highest BCUT2D eigenvalue weighted by Gasteiger charge is 2.54. The topological polar surface area (TPSA) is 83.1 Å². The van der Waals surface area contributed by atoms with E-state index in [9.17, 15) is 22.8 Å². The predicted molar refractivity (Wildman–Crippen MR) is 74.5 cm³/mol. The third-order valence-corrected chi connectivity index (χ3v) is 4.41. The Bertz CT molecular complexity index is 632. The van der Waals surface area contributed by atoms with Crippen LogP contribution in [0, 0.1) is 5.92 Å². The minimum Gasteiger partial charge on any atom is -0.370 e. The lowest BCUT2D eigenvalue weighted by Gasteiger charge is -2.28. The molecule has 2 atom stereocenters. The number of amides is 3. The molecule has 1 aliphatic heterocycles. The van der Waals surface area contributed by atoms with Gasteiger partial charge >= 0.3 is 12.2 Å². The molecule has 124 valence electrons. The summed E-state index contributed by atoms with van der Waals surface area (Å²) in [5.41, 5.74) is -1.74. The first-order valence-corrected chi connectivity index (χ1v) is 7.22. The van der Waals surface area contributed by atoms with Gasteiger partial charge in [0.1, 0.15) is 11.4 Å². The van der Waals surface area contributed by atoms with Gasteiger partial charge in [-0.1, -0.05) is 6.42 Å². The Labute approximate surface area is 129 Å². The van der Waals surface area contributed by atoms with Gasteiger partial charge in [0, 0.05) is 18.7 Å². The molecule has 2 fully saturated rings. The number of urea groups is 1. The lowest BCUT2D eigenvalue weighted by Crippen LogP contribution is -2.51. The van der Waals surface area contributed by atoms with Crippen LogP contribution in [0.25, 0.3) is 0 Å². The Balaban J connectivity index is 1.66. The van der Waals surface area contributed by atoms with Crippen molar-refractivity contribution in [3.8, 4) is 0 Å². The average Bonchev–Trinajstić information content (AvgIpc) is 3.00. The van der Waals surface area contributed by atoms with Crippen LogP contribution >= 0.6 is 0 Å². The van der Waals surface area contributed by atoms with Crippen LogP contribution in [0.15, 0.2) is 18.3 Å². The van der Waals surface area contributed by atoms with Crippen molar-refractivity contribution < 1.29 is 22.8 Å². The number of nitrogens with one attached hydrogen (secondary N) is 3. The molecule has 2 heterocycles. The van der Waals surface area contributed by atoms with Crippen molar-refractivity contribution >= 4 is 17.8 Å². The highest BCUT2D eigenvalue weighted by molar-refractivity contribution is 6.07. The number of pyridine rings is 1. The van der Waals surface area contributed by atoms with Crippen molar-refractivity contribution in [2.24, 2.45) is 5.92 Å². The average molecular weight is 328 g/mol. The largest absolute Gasteiger partial charge is 0.417 e. The molecule has 1 aromatic rings. The third-order valence-electron chi connectivity index (χ3n) is 4.41. The zero-order valence-corrected chi connectivity index (χ0v) is 12.0. The molecule has 1 spiro atoms. The summed E-state index contributed by atoms with van der Waals surface area (Å²) in [5, 5.41) is 7.87. The van der Waals surface area contributed by atoms with E-state index < -0.39 is 23.3 Å². The molecule has 9 heteroatoms. The number of anilines is 1. The van der Waals surface area contributed by atoms with Crippen LogP contribution in [-0.2, 0) is 11.0 Å². The summed E-state index contributed by atoms with van der Waals surface area (Å²) in [6, 6.07) is 1.69. The van der Waals surface area contributed by atoms with Crippen molar-refractivity contribution in [3.05, 3.63) is 23.9 Å². The SMILES string of the molecule is O=C1NC(=O)C2(CCCC2CNc2ccc(C(F)(F)F)cn2)N1. The predicted octanol–water partition coefficient (Wildman–Crippen LogP) is 1.89. The van der Waals surface area contributed by atoms with Gasteiger partial charge in [-0.25, -0.2) is 9.78 Å². The van der Waals surface area contributed by atoms with Crippen molar-refractivity contribution in [2.45, 2.75) is 31.0 Å². The molecule has 1 saturated carbocycles. The second kappa shape index (κ2) is 5.39. The molecule has 23 heavy (non-hydrogen) atoms. The number of hydrogen-bond acceptors (Lipinski definition) is 4. The normalized spacial score (nSPS) is 27.2. The molecule has 1 saturated heterocycles. The van der Waals surface area contributed by atoms with E-state index in [-0.39, 0.29) is 11.8 Å². The van der Waals surface area contributed by atoms with E-state index in [1.165, 1.54) is 6.07 Å². The molecule has 1 aliphatic carbocycles. The van der Waals surface area contributed by atoms with E-state index in [4.69, 9.17) is 0 Å². The summed E-state index contributed by atoms with van der Waals surface area (Å²) < 4.78 is 37.5. The van der Waals surface area contributed by atoms with Gasteiger partial charge in [-0.15, -0.1) is 0 Å². The van der Waals surface area contributed by atoms with Gasteiger partial charge in [-0.3, -0.25) is 10.1 Å². The second-order valence-electron chi connectivity index (χ2n) is 5.78. The summed E-state index contributed by atoms with van der Waals surface area (Å²) in [5.74, 6) is -0.185. The molecule has 3 amide bonds. The zero-order valence-electron chi connectivity index (χ0n) is 12.0. The Hall–Kier alpha value is -2.32. The summed E-state index contributed by atoms with van der Waals surface area (Å²) >= 11 is 0. The van der Waals surface area contributed by atoms with Crippen LogP contribution in [0.1, 0.15) is 24.8 Å². The number of carbonyl (C=O) groups excluding carboxylic acids is 2. The molecule has 3 N–H and O–H groups in total. The van der Waals surface area contributed by atoms with Crippen molar-refractivity contribution in [1.29, 1.82) is 0 Å². The Kier molecular flexibility index (Phi) is 3.65. The third kappa shape index (κ3) is 2.82. The number of rotatable bonds is 3. The van der Waals surface area contributed by atoms with Gasteiger partial charge < -0.3 is 10.6 Å². The first kappa shape index (κ1) is 15.6. The van der Waals surface area contributed by atoms with Gasteiger partial charge in [-0.05, 0) is 25.0 Å². The standard InChI is InChI=1S/C14H15F3N4O2/c15-14(16,17)9-3-4-10(19-7-9)18-6-8-2-1-5-13(8)11(22)20-12(23)21-13/h3-4,7-8H,1-2,5-6H2,(H,18,19)(H2,20,21,22,23). The van der Waals surface area contributed by atoms with E-state index in [0.29, 0.717) is 18.8 Å². The van der Waals surface area contributed by atoms with Crippen molar-refractivity contribution in [1.82, 2.24) is 15.6 Å². The molecule has 0 radical (unpaired) electrons. The van der Waals surface area contributed by atoms with Gasteiger partial charge in [-0.2, -0.15) is 13.2 Å².